The molecule has 3 aromatic rings. The standard InChI is InChI=1S/C18H16BrN5O4S/c1-24(9-14(25)26)18(28)10-5-4-8-13(15(10)27)21-17-16(22-29-23-17)20-12-7-3-2-6-11(12)19/h2-8,27H,9H2,1H3,(H,20,22)(H,21,23)(H,25,26). The van der Waals surface area contributed by atoms with Crippen LogP contribution in [0, 0.1) is 0 Å². The van der Waals surface area contributed by atoms with Crippen LogP contribution in [-0.4, -0.2) is 49.3 Å². The summed E-state index contributed by atoms with van der Waals surface area (Å²) in [5.74, 6) is -1.26. The van der Waals surface area contributed by atoms with E-state index in [1.54, 1.807) is 12.1 Å². The van der Waals surface area contributed by atoms with Crippen LogP contribution < -0.4 is 10.6 Å². The van der Waals surface area contributed by atoms with Crippen molar-refractivity contribution in [2.45, 2.75) is 0 Å². The molecular formula is C18H16BrN5O4S. The number of amides is 1. The summed E-state index contributed by atoms with van der Waals surface area (Å²) in [5.41, 5.74) is 0.997. The van der Waals surface area contributed by atoms with E-state index < -0.39 is 18.4 Å². The molecule has 0 saturated heterocycles. The van der Waals surface area contributed by atoms with Crippen molar-refractivity contribution in [3.63, 3.8) is 0 Å². The van der Waals surface area contributed by atoms with Gasteiger partial charge >= 0.3 is 5.97 Å². The van der Waals surface area contributed by atoms with Gasteiger partial charge in [0.15, 0.2) is 17.4 Å². The Hall–Kier alpha value is -3.18. The summed E-state index contributed by atoms with van der Waals surface area (Å²) in [4.78, 5) is 24.3. The Morgan fingerprint density at radius 2 is 1.69 bits per heavy atom. The monoisotopic (exact) mass is 477 g/mol. The third-order valence-electron chi connectivity index (χ3n) is 3.85. The number of aromatic hydroxyl groups is 1. The van der Waals surface area contributed by atoms with E-state index >= 15 is 0 Å². The van der Waals surface area contributed by atoms with E-state index in [1.165, 1.54) is 13.1 Å². The van der Waals surface area contributed by atoms with Crippen LogP contribution in [0.15, 0.2) is 46.9 Å². The summed E-state index contributed by atoms with van der Waals surface area (Å²) in [7, 11) is 1.35. The zero-order valence-electron chi connectivity index (χ0n) is 15.1. The third-order valence-corrected chi connectivity index (χ3v) is 5.07. The quantitative estimate of drug-likeness (QED) is 0.379. The average Bonchev–Trinajstić information content (AvgIpc) is 3.11. The molecule has 0 fully saturated rings. The highest BCUT2D eigenvalue weighted by molar-refractivity contribution is 9.10. The summed E-state index contributed by atoms with van der Waals surface area (Å²) in [5, 5.41) is 25.5. The van der Waals surface area contributed by atoms with E-state index in [1.807, 2.05) is 24.3 Å². The van der Waals surface area contributed by atoms with E-state index in [0.717, 1.165) is 26.8 Å². The Bertz CT molecular complexity index is 1060. The lowest BCUT2D eigenvalue weighted by Crippen LogP contribution is -2.32. The fourth-order valence-electron chi connectivity index (χ4n) is 2.47. The molecule has 2 aromatic carbocycles. The van der Waals surface area contributed by atoms with E-state index in [2.05, 4.69) is 35.3 Å². The first kappa shape index (κ1) is 20.6. The van der Waals surface area contributed by atoms with E-state index in [4.69, 9.17) is 5.11 Å². The van der Waals surface area contributed by atoms with Gasteiger partial charge in [0.1, 0.15) is 6.54 Å². The van der Waals surface area contributed by atoms with Crippen molar-refractivity contribution >= 4 is 62.5 Å². The number of anilines is 4. The summed E-state index contributed by atoms with van der Waals surface area (Å²) in [6.07, 6.45) is 0. The molecule has 1 aromatic heterocycles. The van der Waals surface area contributed by atoms with Crippen molar-refractivity contribution in [2.75, 3.05) is 24.2 Å². The minimum atomic E-state index is -1.15. The molecule has 1 amide bonds. The SMILES string of the molecule is CN(CC(=O)O)C(=O)c1cccc(Nc2nsnc2Nc2ccccc2Br)c1O. The first-order chi connectivity index (χ1) is 13.9. The van der Waals surface area contributed by atoms with Gasteiger partial charge < -0.3 is 25.7 Å². The first-order valence-electron chi connectivity index (χ1n) is 8.27. The largest absolute Gasteiger partial charge is 0.505 e. The average molecular weight is 478 g/mol. The summed E-state index contributed by atoms with van der Waals surface area (Å²) in [6, 6.07) is 12.1. The zero-order valence-corrected chi connectivity index (χ0v) is 17.5. The number of likely N-dealkylation sites (N-methyl/N-ethyl adjacent to an activating group) is 1. The fourth-order valence-corrected chi connectivity index (χ4v) is 3.32. The van der Waals surface area contributed by atoms with E-state index in [9.17, 15) is 14.7 Å². The normalized spacial score (nSPS) is 10.4. The number of nitrogens with zero attached hydrogens (tertiary/aromatic N) is 3. The van der Waals surface area contributed by atoms with Crippen molar-refractivity contribution in [3.8, 4) is 5.75 Å². The highest BCUT2D eigenvalue weighted by Gasteiger charge is 2.20. The van der Waals surface area contributed by atoms with Crippen LogP contribution in [0.4, 0.5) is 23.0 Å². The predicted molar refractivity (Wildman–Crippen MR) is 113 cm³/mol. The van der Waals surface area contributed by atoms with Crippen molar-refractivity contribution in [2.24, 2.45) is 0 Å². The first-order valence-corrected chi connectivity index (χ1v) is 9.79. The van der Waals surface area contributed by atoms with Gasteiger partial charge in [0, 0.05) is 11.5 Å². The number of aromatic nitrogens is 2. The number of aliphatic carboxylic acids is 1. The number of halogens is 1. The van der Waals surface area contributed by atoms with Crippen LogP contribution in [0.3, 0.4) is 0 Å². The number of hydrogen-bond donors (Lipinski definition) is 4. The molecule has 0 atom stereocenters. The number of carboxylic acids is 1. The van der Waals surface area contributed by atoms with Crippen molar-refractivity contribution in [3.05, 3.63) is 52.5 Å². The van der Waals surface area contributed by atoms with Gasteiger partial charge in [-0.15, -0.1) is 0 Å². The molecule has 4 N–H and O–H groups in total. The Morgan fingerprint density at radius 1 is 1.07 bits per heavy atom. The number of para-hydroxylation sites is 2. The lowest BCUT2D eigenvalue weighted by molar-refractivity contribution is -0.137. The highest BCUT2D eigenvalue weighted by atomic mass is 79.9. The van der Waals surface area contributed by atoms with Gasteiger partial charge in [-0.05, 0) is 40.2 Å². The van der Waals surface area contributed by atoms with Crippen LogP contribution in [0.25, 0.3) is 0 Å². The minimum Gasteiger partial charge on any atom is -0.505 e. The Labute approximate surface area is 178 Å². The smallest absolute Gasteiger partial charge is 0.323 e. The van der Waals surface area contributed by atoms with Crippen molar-refractivity contribution in [1.29, 1.82) is 0 Å². The maximum absolute atomic E-state index is 12.4. The Morgan fingerprint density at radius 3 is 2.34 bits per heavy atom. The predicted octanol–water partition coefficient (Wildman–Crippen LogP) is 3.65. The Kier molecular flexibility index (Phi) is 6.29. The molecule has 9 nitrogen and oxygen atoms in total. The van der Waals surface area contributed by atoms with Gasteiger partial charge in [0.2, 0.25) is 0 Å². The molecule has 0 saturated carbocycles. The molecule has 0 bridgehead atoms. The molecule has 29 heavy (non-hydrogen) atoms. The fraction of sp³-hybridized carbons (Fsp3) is 0.111. The molecular weight excluding hydrogens is 462 g/mol. The van der Waals surface area contributed by atoms with Gasteiger partial charge in [0.05, 0.1) is 28.7 Å². The number of phenols is 1. The molecule has 11 heteroatoms. The number of carbonyl (C=O) groups excluding carboxylic acids is 1. The number of rotatable bonds is 7. The van der Waals surface area contributed by atoms with Gasteiger partial charge in [-0.3, -0.25) is 9.59 Å². The molecule has 0 aliphatic carbocycles. The van der Waals surface area contributed by atoms with Crippen LogP contribution in [0.1, 0.15) is 10.4 Å². The molecule has 3 rings (SSSR count). The maximum Gasteiger partial charge on any atom is 0.323 e. The molecule has 0 unspecified atom stereocenters. The number of nitrogens with one attached hydrogen (secondary N) is 2. The molecule has 1 heterocycles. The number of carboxylic acid groups (broad SMARTS) is 1. The molecule has 150 valence electrons. The highest BCUT2D eigenvalue weighted by Crippen LogP contribution is 2.34. The second kappa shape index (κ2) is 8.88. The van der Waals surface area contributed by atoms with E-state index in [-0.39, 0.29) is 17.0 Å². The number of hydrogen-bond acceptors (Lipinski definition) is 8. The number of phenolic OH excluding ortho intramolecular Hbond substituents is 1. The third kappa shape index (κ3) is 4.81. The lowest BCUT2D eigenvalue weighted by Gasteiger charge is -2.17. The molecule has 0 aliphatic heterocycles. The summed E-state index contributed by atoms with van der Waals surface area (Å²) < 4.78 is 9.24. The van der Waals surface area contributed by atoms with Crippen molar-refractivity contribution < 1.29 is 19.8 Å². The molecule has 0 radical (unpaired) electrons. The Balaban J connectivity index is 1.84. The summed E-state index contributed by atoms with van der Waals surface area (Å²) in [6.45, 7) is -0.480. The second-order valence-electron chi connectivity index (χ2n) is 5.95. The topological polar surface area (TPSA) is 128 Å². The molecule has 0 spiro atoms. The van der Waals surface area contributed by atoms with Crippen LogP contribution in [-0.2, 0) is 4.79 Å². The summed E-state index contributed by atoms with van der Waals surface area (Å²) >= 11 is 4.43. The van der Waals surface area contributed by atoms with Crippen LogP contribution >= 0.6 is 27.7 Å². The minimum absolute atomic E-state index is 0.0257. The van der Waals surface area contributed by atoms with Crippen LogP contribution in [0.2, 0.25) is 0 Å². The number of carbonyl (C=O) groups is 2. The lowest BCUT2D eigenvalue weighted by atomic mass is 10.1. The van der Waals surface area contributed by atoms with E-state index in [0.29, 0.717) is 11.6 Å². The zero-order chi connectivity index (χ0) is 21.0. The number of benzene rings is 2. The van der Waals surface area contributed by atoms with Crippen LogP contribution in [0.5, 0.6) is 5.75 Å². The molecule has 0 aliphatic rings. The maximum atomic E-state index is 12.4. The van der Waals surface area contributed by atoms with Crippen molar-refractivity contribution in [1.82, 2.24) is 13.6 Å². The van der Waals surface area contributed by atoms with Gasteiger partial charge in [-0.1, -0.05) is 18.2 Å². The van der Waals surface area contributed by atoms with Gasteiger partial charge in [0.25, 0.3) is 5.91 Å². The van der Waals surface area contributed by atoms with Gasteiger partial charge in [-0.2, -0.15) is 8.75 Å². The van der Waals surface area contributed by atoms with Gasteiger partial charge in [-0.25, -0.2) is 0 Å². The second-order valence-corrected chi connectivity index (χ2v) is 7.33.